The van der Waals surface area contributed by atoms with E-state index in [1.54, 1.807) is 18.2 Å². The average molecular weight is 749 g/mol. The summed E-state index contributed by atoms with van der Waals surface area (Å²) in [5.74, 6) is -0.749. The van der Waals surface area contributed by atoms with Crippen molar-refractivity contribution in [3.63, 3.8) is 0 Å². The third-order valence-corrected chi connectivity index (χ3v) is 10.7. The zero-order valence-electron chi connectivity index (χ0n) is 31.2. The predicted octanol–water partition coefficient (Wildman–Crippen LogP) is 7.17. The molecule has 54 heavy (non-hydrogen) atoms. The molecule has 2 fully saturated rings. The van der Waals surface area contributed by atoms with Crippen molar-refractivity contribution in [2.45, 2.75) is 84.6 Å². The molecular weight excluding hydrogens is 700 g/mol. The van der Waals surface area contributed by atoms with Crippen LogP contribution in [0.15, 0.2) is 66.9 Å². The molecule has 2 amide bonds. The summed E-state index contributed by atoms with van der Waals surface area (Å²) in [5, 5.41) is 15.9. The van der Waals surface area contributed by atoms with Crippen LogP contribution in [0.1, 0.15) is 89.3 Å². The Hall–Kier alpha value is -4.84. The van der Waals surface area contributed by atoms with Gasteiger partial charge >= 0.3 is 0 Å². The number of aryl methyl sites for hydroxylation is 2. The van der Waals surface area contributed by atoms with Crippen LogP contribution < -0.4 is 16.0 Å². The van der Waals surface area contributed by atoms with Gasteiger partial charge in [-0.3, -0.25) is 14.5 Å². The number of ether oxygens (including phenoxy) is 1. The monoisotopic (exact) mass is 748 g/mol. The van der Waals surface area contributed by atoms with Crippen LogP contribution in [-0.4, -0.2) is 68.8 Å². The van der Waals surface area contributed by atoms with Gasteiger partial charge in [0.05, 0.1) is 17.3 Å². The first-order valence-electron chi connectivity index (χ1n) is 19.2. The first kappa shape index (κ1) is 37.5. The van der Waals surface area contributed by atoms with Crippen molar-refractivity contribution in [1.29, 1.82) is 0 Å². The van der Waals surface area contributed by atoms with Crippen molar-refractivity contribution in [2.24, 2.45) is 0 Å². The van der Waals surface area contributed by atoms with Crippen molar-refractivity contribution in [2.75, 3.05) is 31.6 Å². The van der Waals surface area contributed by atoms with E-state index in [1.165, 1.54) is 24.8 Å². The Morgan fingerprint density at radius 2 is 1.61 bits per heavy atom. The summed E-state index contributed by atoms with van der Waals surface area (Å²) < 4.78 is 7.49. The summed E-state index contributed by atoms with van der Waals surface area (Å²) in [6.07, 6.45) is 8.14. The molecule has 2 aromatic carbocycles. The summed E-state index contributed by atoms with van der Waals surface area (Å²) in [7, 11) is 0. The standard InChI is InChI=1S/C42H49ClN8O3/c1-3-36-33(39(47-31-16-20-54-21-17-31)34-26-46-51(4-2)40(34)49-36)25-45-42(53)38-13-9-12-37(48-38)41(52)44-24-28-14-15-35(43)32(23-28)30-11-8-10-29(22-30)27-50-18-6-5-7-19-50/h8-15,22-23,26,31H,3-7,16-21,24-25,27H2,1-2H3,(H,44,52)(H,45,53)(H,47,49). The number of pyridine rings is 2. The second-order valence-electron chi connectivity index (χ2n) is 14.1. The summed E-state index contributed by atoms with van der Waals surface area (Å²) in [5.41, 5.74) is 8.04. The molecule has 0 unspecified atom stereocenters. The highest BCUT2D eigenvalue weighted by molar-refractivity contribution is 6.33. The normalized spacial score (nSPS) is 15.3. The van der Waals surface area contributed by atoms with Gasteiger partial charge in [0.2, 0.25) is 0 Å². The number of nitrogens with one attached hydrogen (secondary N) is 3. The van der Waals surface area contributed by atoms with Crippen LogP contribution in [0.3, 0.4) is 0 Å². The van der Waals surface area contributed by atoms with Gasteiger partial charge in [-0.25, -0.2) is 14.6 Å². The largest absolute Gasteiger partial charge is 0.381 e. The molecule has 3 N–H and O–H groups in total. The highest BCUT2D eigenvalue weighted by Gasteiger charge is 2.23. The number of anilines is 1. The van der Waals surface area contributed by atoms with Gasteiger partial charge in [-0.05, 0) is 99.1 Å². The lowest BCUT2D eigenvalue weighted by molar-refractivity contribution is 0.0904. The number of fused-ring (bicyclic) bond motifs is 1. The van der Waals surface area contributed by atoms with E-state index in [4.69, 9.17) is 21.3 Å². The Kier molecular flexibility index (Phi) is 12.2. The van der Waals surface area contributed by atoms with Gasteiger partial charge in [0.25, 0.3) is 11.8 Å². The number of likely N-dealkylation sites (tertiary alicyclic amines) is 1. The Morgan fingerprint density at radius 1 is 0.870 bits per heavy atom. The van der Waals surface area contributed by atoms with Gasteiger partial charge in [0.15, 0.2) is 5.65 Å². The SMILES string of the molecule is CCc1nc2c(cnn2CC)c(NC2CCOCC2)c1CNC(=O)c1cccc(C(=O)NCc2ccc(Cl)c(-c3cccc(CN4CCCCC4)c3)c2)n1. The van der Waals surface area contributed by atoms with Crippen molar-refractivity contribution >= 4 is 40.1 Å². The zero-order chi connectivity index (χ0) is 37.4. The maximum absolute atomic E-state index is 13.5. The van der Waals surface area contributed by atoms with E-state index >= 15 is 0 Å². The number of nitrogens with zero attached hydrogens (tertiary/aromatic N) is 5. The van der Waals surface area contributed by atoms with E-state index in [0.29, 0.717) is 31.2 Å². The Bertz CT molecular complexity index is 2110. The maximum Gasteiger partial charge on any atom is 0.270 e. The van der Waals surface area contributed by atoms with Gasteiger partial charge in [0.1, 0.15) is 11.4 Å². The van der Waals surface area contributed by atoms with E-state index < -0.39 is 0 Å². The molecule has 0 bridgehead atoms. The highest BCUT2D eigenvalue weighted by atomic mass is 35.5. The Labute approximate surface area is 321 Å². The fourth-order valence-electron chi connectivity index (χ4n) is 7.44. The van der Waals surface area contributed by atoms with Crippen LogP contribution in [0.4, 0.5) is 5.69 Å². The summed E-state index contributed by atoms with van der Waals surface area (Å²) in [6, 6.07) is 19.5. The summed E-state index contributed by atoms with van der Waals surface area (Å²) in [6.45, 7) is 9.95. The smallest absolute Gasteiger partial charge is 0.270 e. The number of halogens is 1. The molecule has 12 heteroatoms. The minimum atomic E-state index is -0.377. The van der Waals surface area contributed by atoms with Crippen LogP contribution in [0.2, 0.25) is 5.02 Å². The number of piperidine rings is 1. The first-order chi connectivity index (χ1) is 26.4. The van der Waals surface area contributed by atoms with E-state index in [-0.39, 0.29) is 42.3 Å². The molecule has 5 aromatic rings. The molecule has 3 aromatic heterocycles. The van der Waals surface area contributed by atoms with E-state index in [1.807, 2.05) is 36.0 Å². The van der Waals surface area contributed by atoms with Crippen LogP contribution in [0.25, 0.3) is 22.2 Å². The summed E-state index contributed by atoms with van der Waals surface area (Å²) in [4.78, 5) is 38.8. The molecule has 2 aliphatic heterocycles. The molecule has 7 rings (SSSR count). The molecule has 0 radical (unpaired) electrons. The van der Waals surface area contributed by atoms with Crippen molar-refractivity contribution in [3.05, 3.63) is 106 Å². The molecule has 0 aliphatic carbocycles. The molecule has 2 aliphatic rings. The third-order valence-electron chi connectivity index (χ3n) is 10.4. The van der Waals surface area contributed by atoms with Gasteiger partial charge in [0, 0.05) is 67.3 Å². The van der Waals surface area contributed by atoms with E-state index in [2.05, 4.69) is 62.1 Å². The maximum atomic E-state index is 13.5. The number of benzene rings is 2. The molecule has 0 atom stereocenters. The van der Waals surface area contributed by atoms with Gasteiger partial charge < -0.3 is 20.7 Å². The minimum Gasteiger partial charge on any atom is -0.381 e. The highest BCUT2D eigenvalue weighted by Crippen LogP contribution is 2.32. The molecular formula is C42H49ClN8O3. The number of carbonyl (C=O) groups excluding carboxylic acids is 2. The number of rotatable bonds is 13. The van der Waals surface area contributed by atoms with E-state index in [9.17, 15) is 9.59 Å². The first-order valence-corrected chi connectivity index (χ1v) is 19.6. The number of hydrogen-bond donors (Lipinski definition) is 3. The van der Waals surface area contributed by atoms with Crippen LogP contribution >= 0.6 is 11.6 Å². The van der Waals surface area contributed by atoms with E-state index in [0.717, 1.165) is 77.1 Å². The zero-order valence-corrected chi connectivity index (χ0v) is 31.9. The lowest BCUT2D eigenvalue weighted by Crippen LogP contribution is -2.30. The fourth-order valence-corrected chi connectivity index (χ4v) is 7.66. The number of aromatic nitrogens is 4. The fraction of sp³-hybridized carbons (Fsp3) is 0.405. The average Bonchev–Trinajstić information content (AvgIpc) is 3.63. The van der Waals surface area contributed by atoms with Crippen LogP contribution in [-0.2, 0) is 37.3 Å². The Balaban J connectivity index is 1.02. The van der Waals surface area contributed by atoms with Gasteiger partial charge in [-0.2, -0.15) is 5.10 Å². The van der Waals surface area contributed by atoms with Crippen LogP contribution in [0.5, 0.6) is 0 Å². The van der Waals surface area contributed by atoms with Gasteiger partial charge in [-0.15, -0.1) is 0 Å². The lowest BCUT2D eigenvalue weighted by Gasteiger charge is -2.26. The number of amides is 2. The van der Waals surface area contributed by atoms with Crippen molar-refractivity contribution in [3.8, 4) is 11.1 Å². The lowest BCUT2D eigenvalue weighted by atomic mass is 10.00. The van der Waals surface area contributed by atoms with Crippen molar-refractivity contribution in [1.82, 2.24) is 35.3 Å². The minimum absolute atomic E-state index is 0.158. The topological polar surface area (TPSA) is 126 Å². The number of carbonyl (C=O) groups is 2. The predicted molar refractivity (Wildman–Crippen MR) is 213 cm³/mol. The number of hydrogen-bond acceptors (Lipinski definition) is 8. The second-order valence-corrected chi connectivity index (χ2v) is 14.5. The second kappa shape index (κ2) is 17.5. The molecule has 282 valence electrons. The summed E-state index contributed by atoms with van der Waals surface area (Å²) >= 11 is 6.69. The molecule has 0 spiro atoms. The Morgan fingerprint density at radius 3 is 2.35 bits per heavy atom. The van der Waals surface area contributed by atoms with Gasteiger partial charge in [-0.1, -0.05) is 55.3 Å². The van der Waals surface area contributed by atoms with Crippen LogP contribution in [0, 0.1) is 0 Å². The third kappa shape index (κ3) is 8.75. The molecule has 2 saturated heterocycles. The quantitative estimate of drug-likeness (QED) is 0.116. The molecule has 0 saturated carbocycles. The molecule has 5 heterocycles. The van der Waals surface area contributed by atoms with Crippen molar-refractivity contribution < 1.29 is 14.3 Å². The molecule has 11 nitrogen and oxygen atoms in total.